The van der Waals surface area contributed by atoms with Gasteiger partial charge in [-0.15, -0.1) is 0 Å². The molecule has 1 unspecified atom stereocenters. The number of aliphatic hydroxyl groups is 1. The third-order valence-electron chi connectivity index (χ3n) is 3.77. The molecule has 0 saturated heterocycles. The number of carbonyl (C=O) groups excluding carboxylic acids is 2. The maximum absolute atomic E-state index is 12.1. The summed E-state index contributed by atoms with van der Waals surface area (Å²) in [7, 11) is 0. The van der Waals surface area contributed by atoms with E-state index in [9.17, 15) is 14.7 Å². The topological polar surface area (TPSA) is 91.6 Å². The van der Waals surface area contributed by atoms with Gasteiger partial charge in [-0.1, -0.05) is 32.0 Å². The second kappa shape index (κ2) is 8.31. The van der Waals surface area contributed by atoms with Crippen LogP contribution in [0.1, 0.15) is 36.8 Å². The van der Waals surface area contributed by atoms with Gasteiger partial charge >= 0.3 is 11.8 Å². The fourth-order valence-corrected chi connectivity index (χ4v) is 2.42. The maximum Gasteiger partial charge on any atom is 0.313 e. The van der Waals surface area contributed by atoms with Crippen LogP contribution in [0.25, 0.3) is 0 Å². The van der Waals surface area contributed by atoms with Gasteiger partial charge in [0.05, 0.1) is 12.8 Å². The highest BCUT2D eigenvalue weighted by Crippen LogP contribution is 2.22. The molecular formula is C18H22N2O4. The number of rotatable bonds is 6. The highest BCUT2D eigenvalue weighted by atomic mass is 16.4. The molecule has 128 valence electrons. The molecule has 0 aliphatic rings. The fourth-order valence-electron chi connectivity index (χ4n) is 2.42. The molecule has 0 spiro atoms. The number of para-hydroxylation sites is 1. The highest BCUT2D eigenvalue weighted by molar-refractivity contribution is 6.39. The number of nitrogens with one attached hydrogen (secondary N) is 2. The van der Waals surface area contributed by atoms with E-state index in [-0.39, 0.29) is 6.54 Å². The number of hydrogen-bond donors (Lipinski definition) is 3. The molecule has 6 nitrogen and oxygen atoms in total. The van der Waals surface area contributed by atoms with Crippen LogP contribution >= 0.6 is 0 Å². The summed E-state index contributed by atoms with van der Waals surface area (Å²) in [5.41, 5.74) is 2.64. The van der Waals surface area contributed by atoms with Crippen LogP contribution < -0.4 is 10.6 Å². The third kappa shape index (κ3) is 4.23. The molecule has 0 fully saturated rings. The molecule has 1 aromatic heterocycles. The van der Waals surface area contributed by atoms with Crippen molar-refractivity contribution in [2.24, 2.45) is 0 Å². The van der Waals surface area contributed by atoms with Crippen LogP contribution in [-0.4, -0.2) is 23.5 Å². The van der Waals surface area contributed by atoms with Crippen molar-refractivity contribution in [2.75, 3.05) is 11.9 Å². The average molecular weight is 330 g/mol. The van der Waals surface area contributed by atoms with E-state index in [2.05, 4.69) is 10.6 Å². The number of furan rings is 1. The molecule has 0 aliphatic heterocycles. The van der Waals surface area contributed by atoms with E-state index in [1.54, 1.807) is 12.1 Å². The lowest BCUT2D eigenvalue weighted by molar-refractivity contribution is -0.136. The van der Waals surface area contributed by atoms with Gasteiger partial charge in [0, 0.05) is 5.69 Å². The number of amides is 2. The monoisotopic (exact) mass is 330 g/mol. The van der Waals surface area contributed by atoms with E-state index in [1.807, 2.05) is 32.0 Å². The normalized spacial score (nSPS) is 11.8. The summed E-state index contributed by atoms with van der Waals surface area (Å²) in [5.74, 6) is -1.22. The highest BCUT2D eigenvalue weighted by Gasteiger charge is 2.19. The van der Waals surface area contributed by atoms with Crippen molar-refractivity contribution in [1.29, 1.82) is 0 Å². The number of anilines is 1. The second-order valence-corrected chi connectivity index (χ2v) is 5.35. The van der Waals surface area contributed by atoms with Gasteiger partial charge < -0.3 is 20.2 Å². The van der Waals surface area contributed by atoms with Crippen LogP contribution in [0.2, 0.25) is 0 Å². The van der Waals surface area contributed by atoms with Gasteiger partial charge in [0.1, 0.15) is 11.9 Å². The van der Waals surface area contributed by atoms with E-state index in [0.29, 0.717) is 11.4 Å². The van der Waals surface area contributed by atoms with Gasteiger partial charge in [0.25, 0.3) is 0 Å². The largest absolute Gasteiger partial charge is 0.467 e. The molecule has 24 heavy (non-hydrogen) atoms. The summed E-state index contributed by atoms with van der Waals surface area (Å²) < 4.78 is 5.04. The van der Waals surface area contributed by atoms with Gasteiger partial charge in [-0.25, -0.2) is 0 Å². The molecule has 2 aromatic rings. The summed E-state index contributed by atoms with van der Waals surface area (Å²) in [4.78, 5) is 24.1. The Morgan fingerprint density at radius 1 is 1.08 bits per heavy atom. The zero-order valence-corrected chi connectivity index (χ0v) is 13.8. The molecule has 3 N–H and O–H groups in total. The number of hydrogen-bond acceptors (Lipinski definition) is 4. The van der Waals surface area contributed by atoms with Gasteiger partial charge in [-0.2, -0.15) is 0 Å². The molecule has 2 amide bonds. The van der Waals surface area contributed by atoms with Gasteiger partial charge in [0.15, 0.2) is 0 Å². The lowest BCUT2D eigenvalue weighted by atomic mass is 10.0. The molecule has 2 rings (SSSR count). The standard InChI is InChI=1S/C18H22N2O4/c1-3-12-7-5-8-13(4-2)16(12)20-18(23)17(22)19-11-14(21)15-9-6-10-24-15/h5-10,14,21H,3-4,11H2,1-2H3,(H,19,22)(H,20,23). The van der Waals surface area contributed by atoms with E-state index in [1.165, 1.54) is 6.26 Å². The van der Waals surface area contributed by atoms with Crippen LogP contribution in [0.5, 0.6) is 0 Å². The Morgan fingerprint density at radius 2 is 1.75 bits per heavy atom. The Kier molecular flexibility index (Phi) is 6.14. The summed E-state index contributed by atoms with van der Waals surface area (Å²) in [6.45, 7) is 3.88. The SMILES string of the molecule is CCc1cccc(CC)c1NC(=O)C(=O)NCC(O)c1ccco1. The second-order valence-electron chi connectivity index (χ2n) is 5.35. The molecule has 0 radical (unpaired) electrons. The zero-order valence-electron chi connectivity index (χ0n) is 13.8. The summed E-state index contributed by atoms with van der Waals surface area (Å²) in [5, 5.41) is 14.9. The van der Waals surface area contributed by atoms with E-state index >= 15 is 0 Å². The Morgan fingerprint density at radius 3 is 2.29 bits per heavy atom. The first kappa shape index (κ1) is 17.7. The van der Waals surface area contributed by atoms with E-state index in [4.69, 9.17) is 4.42 Å². The predicted octanol–water partition coefficient (Wildman–Crippen LogP) is 2.19. The Bertz CT molecular complexity index is 673. The van der Waals surface area contributed by atoms with Crippen LogP contribution in [0.3, 0.4) is 0 Å². The molecular weight excluding hydrogens is 308 g/mol. The van der Waals surface area contributed by atoms with Crippen molar-refractivity contribution in [3.05, 3.63) is 53.5 Å². The minimum Gasteiger partial charge on any atom is -0.467 e. The zero-order chi connectivity index (χ0) is 17.5. The average Bonchev–Trinajstić information content (AvgIpc) is 3.14. The Labute approximate surface area is 140 Å². The van der Waals surface area contributed by atoms with Crippen LogP contribution in [0.15, 0.2) is 41.0 Å². The van der Waals surface area contributed by atoms with Gasteiger partial charge in [0.2, 0.25) is 0 Å². The molecule has 1 aromatic carbocycles. The van der Waals surface area contributed by atoms with Gasteiger partial charge in [-0.3, -0.25) is 9.59 Å². The minimum absolute atomic E-state index is 0.101. The van der Waals surface area contributed by atoms with E-state index < -0.39 is 17.9 Å². The first-order valence-corrected chi connectivity index (χ1v) is 7.98. The summed E-state index contributed by atoms with van der Waals surface area (Å²) in [6, 6.07) is 9.02. The summed E-state index contributed by atoms with van der Waals surface area (Å²) >= 11 is 0. The van der Waals surface area contributed by atoms with Crippen LogP contribution in [0.4, 0.5) is 5.69 Å². The lowest BCUT2D eigenvalue weighted by Gasteiger charge is -2.14. The summed E-state index contributed by atoms with van der Waals surface area (Å²) in [6.07, 6.45) is 1.94. The van der Waals surface area contributed by atoms with Crippen LogP contribution in [-0.2, 0) is 22.4 Å². The molecule has 1 heterocycles. The first-order chi connectivity index (χ1) is 11.6. The predicted molar refractivity (Wildman–Crippen MR) is 90.5 cm³/mol. The number of aliphatic hydroxyl groups excluding tert-OH is 1. The van der Waals surface area contributed by atoms with E-state index in [0.717, 1.165) is 24.0 Å². The van der Waals surface area contributed by atoms with Crippen molar-refractivity contribution in [1.82, 2.24) is 5.32 Å². The Balaban J connectivity index is 1.98. The molecule has 0 bridgehead atoms. The number of aryl methyl sites for hydroxylation is 2. The molecule has 0 saturated carbocycles. The van der Waals surface area contributed by atoms with Gasteiger partial charge in [-0.05, 0) is 36.1 Å². The van der Waals surface area contributed by atoms with Crippen molar-refractivity contribution in [2.45, 2.75) is 32.8 Å². The Hall–Kier alpha value is -2.60. The van der Waals surface area contributed by atoms with Crippen molar-refractivity contribution in [3.8, 4) is 0 Å². The minimum atomic E-state index is -0.995. The maximum atomic E-state index is 12.1. The first-order valence-electron chi connectivity index (χ1n) is 7.98. The van der Waals surface area contributed by atoms with Crippen molar-refractivity contribution in [3.63, 3.8) is 0 Å². The third-order valence-corrected chi connectivity index (χ3v) is 3.77. The fraction of sp³-hybridized carbons (Fsp3) is 0.333. The molecule has 6 heteroatoms. The quantitative estimate of drug-likeness (QED) is 0.708. The molecule has 0 aliphatic carbocycles. The lowest BCUT2D eigenvalue weighted by Crippen LogP contribution is -2.38. The molecule has 1 atom stereocenters. The number of benzene rings is 1. The smallest absolute Gasteiger partial charge is 0.313 e. The van der Waals surface area contributed by atoms with Crippen molar-refractivity contribution < 1.29 is 19.1 Å². The number of carbonyl (C=O) groups is 2. The van der Waals surface area contributed by atoms with Crippen LogP contribution in [0, 0.1) is 0 Å². The van der Waals surface area contributed by atoms with Crippen molar-refractivity contribution >= 4 is 17.5 Å².